The molecule has 0 aliphatic heterocycles. The Morgan fingerprint density at radius 2 is 1.84 bits per heavy atom. The van der Waals surface area contributed by atoms with E-state index in [1.165, 1.54) is 31.2 Å². The highest BCUT2D eigenvalue weighted by Crippen LogP contribution is 2.25. The lowest BCUT2D eigenvalue weighted by atomic mass is 10.0. The Morgan fingerprint density at radius 1 is 1.21 bits per heavy atom. The summed E-state index contributed by atoms with van der Waals surface area (Å²) >= 11 is 0. The van der Waals surface area contributed by atoms with Crippen LogP contribution in [0.2, 0.25) is 0 Å². The van der Waals surface area contributed by atoms with Crippen LogP contribution in [0.1, 0.15) is 49.8 Å². The molecule has 0 spiro atoms. The van der Waals surface area contributed by atoms with E-state index in [0.717, 1.165) is 31.0 Å². The topological polar surface area (TPSA) is 23.5 Å². The van der Waals surface area contributed by atoms with Gasteiger partial charge in [-0.1, -0.05) is 44.0 Å². The molecule has 0 amide bonds. The van der Waals surface area contributed by atoms with Gasteiger partial charge in [0.05, 0.1) is 6.10 Å². The van der Waals surface area contributed by atoms with Gasteiger partial charge in [0.15, 0.2) is 0 Å². The summed E-state index contributed by atoms with van der Waals surface area (Å²) in [5.41, 5.74) is 2.37. The minimum atomic E-state index is -0.364. The van der Waals surface area contributed by atoms with E-state index in [4.69, 9.17) is 0 Å². The van der Waals surface area contributed by atoms with Crippen LogP contribution in [0.15, 0.2) is 24.3 Å². The number of nitrogens with zero attached hydrogens (tertiary/aromatic N) is 1. The normalized spacial score (nSPS) is 18.1. The lowest BCUT2D eigenvalue weighted by molar-refractivity contribution is 0.118. The van der Waals surface area contributed by atoms with E-state index >= 15 is 0 Å². The molecule has 0 saturated heterocycles. The quantitative estimate of drug-likeness (QED) is 0.848. The Morgan fingerprint density at radius 3 is 2.42 bits per heavy atom. The number of aliphatic hydroxyl groups is 1. The molecule has 1 saturated carbocycles. The van der Waals surface area contributed by atoms with Crippen LogP contribution >= 0.6 is 0 Å². The van der Waals surface area contributed by atoms with Gasteiger partial charge in [-0.25, -0.2) is 0 Å². The molecule has 1 aromatic carbocycles. The largest absolute Gasteiger partial charge is 0.387 e. The van der Waals surface area contributed by atoms with E-state index < -0.39 is 0 Å². The third-order valence-electron chi connectivity index (χ3n) is 4.30. The van der Waals surface area contributed by atoms with Crippen molar-refractivity contribution in [2.45, 2.75) is 45.1 Å². The van der Waals surface area contributed by atoms with Gasteiger partial charge in [0.2, 0.25) is 0 Å². The van der Waals surface area contributed by atoms with Gasteiger partial charge in [-0.3, -0.25) is 0 Å². The van der Waals surface area contributed by atoms with E-state index in [0.29, 0.717) is 0 Å². The summed E-state index contributed by atoms with van der Waals surface area (Å²) in [6.07, 6.45) is 6.20. The molecule has 1 N–H and O–H groups in total. The summed E-state index contributed by atoms with van der Waals surface area (Å²) in [6, 6.07) is 8.37. The van der Waals surface area contributed by atoms with Gasteiger partial charge < -0.3 is 10.0 Å². The number of hydrogen-bond donors (Lipinski definition) is 1. The molecule has 0 radical (unpaired) electrons. The average Bonchev–Trinajstić information content (AvgIpc) is 2.91. The van der Waals surface area contributed by atoms with Crippen molar-refractivity contribution in [2.75, 3.05) is 20.1 Å². The zero-order chi connectivity index (χ0) is 13.7. The molecule has 2 rings (SSSR count). The molecule has 1 aliphatic rings. The lowest BCUT2D eigenvalue weighted by Gasteiger charge is -2.23. The SMILES string of the molecule is CCc1ccc(C(O)CN(C)CC2CCCC2)cc1. The fraction of sp³-hybridized carbons (Fsp3) is 0.647. The van der Waals surface area contributed by atoms with Crippen molar-refractivity contribution in [3.05, 3.63) is 35.4 Å². The summed E-state index contributed by atoms with van der Waals surface area (Å²) < 4.78 is 0. The van der Waals surface area contributed by atoms with Crippen molar-refractivity contribution >= 4 is 0 Å². The number of aryl methyl sites for hydroxylation is 1. The van der Waals surface area contributed by atoms with E-state index in [2.05, 4.69) is 43.1 Å². The fourth-order valence-electron chi connectivity index (χ4n) is 3.08. The predicted octanol–water partition coefficient (Wildman–Crippen LogP) is 3.40. The zero-order valence-corrected chi connectivity index (χ0v) is 12.3. The monoisotopic (exact) mass is 261 g/mol. The van der Waals surface area contributed by atoms with Crippen molar-refractivity contribution in [1.29, 1.82) is 0 Å². The number of aliphatic hydroxyl groups excluding tert-OH is 1. The minimum absolute atomic E-state index is 0.364. The van der Waals surface area contributed by atoms with Crippen LogP contribution in [0.5, 0.6) is 0 Å². The number of benzene rings is 1. The van der Waals surface area contributed by atoms with Crippen molar-refractivity contribution < 1.29 is 5.11 Å². The molecule has 2 heteroatoms. The molecule has 19 heavy (non-hydrogen) atoms. The number of likely N-dealkylation sites (N-methyl/N-ethyl adjacent to an activating group) is 1. The Balaban J connectivity index is 1.82. The first-order chi connectivity index (χ1) is 9.19. The van der Waals surface area contributed by atoms with Crippen LogP contribution in [0.3, 0.4) is 0 Å². The van der Waals surface area contributed by atoms with Crippen LogP contribution in [0.25, 0.3) is 0 Å². The second-order valence-corrected chi connectivity index (χ2v) is 5.98. The molecular weight excluding hydrogens is 234 g/mol. The van der Waals surface area contributed by atoms with Crippen LogP contribution in [-0.4, -0.2) is 30.1 Å². The molecule has 2 nitrogen and oxygen atoms in total. The van der Waals surface area contributed by atoms with E-state index in [1.807, 2.05) is 0 Å². The maximum Gasteiger partial charge on any atom is 0.0916 e. The van der Waals surface area contributed by atoms with Gasteiger partial charge in [-0.2, -0.15) is 0 Å². The van der Waals surface area contributed by atoms with Gasteiger partial charge in [0.1, 0.15) is 0 Å². The minimum Gasteiger partial charge on any atom is -0.387 e. The maximum absolute atomic E-state index is 10.3. The fourth-order valence-corrected chi connectivity index (χ4v) is 3.08. The highest BCUT2D eigenvalue weighted by Gasteiger charge is 2.18. The van der Waals surface area contributed by atoms with Crippen LogP contribution < -0.4 is 0 Å². The van der Waals surface area contributed by atoms with Crippen molar-refractivity contribution in [2.24, 2.45) is 5.92 Å². The number of rotatable bonds is 6. The van der Waals surface area contributed by atoms with Crippen LogP contribution in [0.4, 0.5) is 0 Å². The van der Waals surface area contributed by atoms with Gasteiger partial charge >= 0.3 is 0 Å². The van der Waals surface area contributed by atoms with Crippen molar-refractivity contribution in [1.82, 2.24) is 4.90 Å². The summed E-state index contributed by atoms with van der Waals surface area (Å²) in [6.45, 7) is 4.02. The smallest absolute Gasteiger partial charge is 0.0916 e. The molecule has 1 aromatic rings. The highest BCUT2D eigenvalue weighted by molar-refractivity contribution is 5.24. The molecule has 1 aliphatic carbocycles. The van der Waals surface area contributed by atoms with Crippen molar-refractivity contribution in [3.63, 3.8) is 0 Å². The molecule has 1 atom stereocenters. The second kappa shape index (κ2) is 7.06. The standard InChI is InChI=1S/C17H27NO/c1-3-14-8-10-16(11-9-14)17(19)13-18(2)12-15-6-4-5-7-15/h8-11,15,17,19H,3-7,12-13H2,1-2H3. The maximum atomic E-state index is 10.3. The predicted molar refractivity (Wildman–Crippen MR) is 80.2 cm³/mol. The van der Waals surface area contributed by atoms with Gasteiger partial charge in [-0.15, -0.1) is 0 Å². The molecule has 0 aromatic heterocycles. The summed E-state index contributed by atoms with van der Waals surface area (Å²) in [5, 5.41) is 10.3. The second-order valence-electron chi connectivity index (χ2n) is 5.98. The van der Waals surface area contributed by atoms with Crippen LogP contribution in [0, 0.1) is 5.92 Å². The lowest BCUT2D eigenvalue weighted by Crippen LogP contribution is -2.29. The van der Waals surface area contributed by atoms with Crippen LogP contribution in [-0.2, 0) is 6.42 Å². The van der Waals surface area contributed by atoms with Crippen molar-refractivity contribution in [3.8, 4) is 0 Å². The summed E-state index contributed by atoms with van der Waals surface area (Å²) in [4.78, 5) is 2.29. The Bertz CT molecular complexity index is 367. The zero-order valence-electron chi connectivity index (χ0n) is 12.3. The molecular formula is C17H27NO. The van der Waals surface area contributed by atoms with E-state index in [9.17, 15) is 5.11 Å². The molecule has 0 bridgehead atoms. The first kappa shape index (κ1) is 14.5. The van der Waals surface area contributed by atoms with E-state index in [1.54, 1.807) is 0 Å². The Labute approximate surface area is 117 Å². The Hall–Kier alpha value is -0.860. The molecule has 0 heterocycles. The molecule has 106 valence electrons. The highest BCUT2D eigenvalue weighted by atomic mass is 16.3. The first-order valence-electron chi connectivity index (χ1n) is 7.64. The van der Waals surface area contributed by atoms with Gasteiger partial charge in [0.25, 0.3) is 0 Å². The average molecular weight is 261 g/mol. The third-order valence-corrected chi connectivity index (χ3v) is 4.30. The Kier molecular flexibility index (Phi) is 5.41. The van der Waals surface area contributed by atoms with Gasteiger partial charge in [0, 0.05) is 13.1 Å². The first-order valence-corrected chi connectivity index (χ1v) is 7.64. The molecule has 1 unspecified atom stereocenters. The number of hydrogen-bond acceptors (Lipinski definition) is 2. The molecule has 1 fully saturated rings. The third kappa shape index (κ3) is 4.32. The van der Waals surface area contributed by atoms with E-state index in [-0.39, 0.29) is 6.10 Å². The van der Waals surface area contributed by atoms with Gasteiger partial charge in [-0.05, 0) is 43.4 Å². The summed E-state index contributed by atoms with van der Waals surface area (Å²) in [7, 11) is 2.13. The summed E-state index contributed by atoms with van der Waals surface area (Å²) in [5.74, 6) is 0.847.